The molecule has 1 aromatic heterocycles. The summed E-state index contributed by atoms with van der Waals surface area (Å²) in [7, 11) is 0. The first-order valence-electron chi connectivity index (χ1n) is 17.9. The third-order valence-electron chi connectivity index (χ3n) is 9.48. The number of carbonyl (C=O) groups is 1. The summed E-state index contributed by atoms with van der Waals surface area (Å²) < 4.78 is 1.27. The molecule has 0 aliphatic heterocycles. The Hall–Kier alpha value is -3.47. The van der Waals surface area contributed by atoms with Crippen LogP contribution in [0.15, 0.2) is 39.3 Å². The number of benzene rings is 1. The highest BCUT2D eigenvalue weighted by Gasteiger charge is 2.25. The van der Waals surface area contributed by atoms with Gasteiger partial charge in [0.15, 0.2) is 5.69 Å². The molecule has 0 fully saturated rings. The van der Waals surface area contributed by atoms with Crippen molar-refractivity contribution in [2.75, 3.05) is 13.1 Å². The SMILES string of the molecule is CCCCC(CC)CN(CC(CC)CCCC)C(=O)c1ccccc1/N=N/c1c(C)c(C#N)c(=O)n(CC(CC)CCCC)c1O. The molecule has 1 amide bonds. The molecule has 8 heteroatoms. The Balaban J connectivity index is 2.56. The average Bonchev–Trinajstić information content (AvgIpc) is 3.07. The van der Waals surface area contributed by atoms with Gasteiger partial charge in [0.05, 0.1) is 11.3 Å². The van der Waals surface area contributed by atoms with Crippen molar-refractivity contribution in [3.05, 3.63) is 51.3 Å². The van der Waals surface area contributed by atoms with Gasteiger partial charge in [-0.25, -0.2) is 0 Å². The zero-order valence-corrected chi connectivity index (χ0v) is 29.6. The van der Waals surface area contributed by atoms with Gasteiger partial charge in [0.1, 0.15) is 11.6 Å². The number of carbonyl (C=O) groups excluding carboxylic acids is 1. The average molecular weight is 634 g/mol. The Kier molecular flexibility index (Phi) is 17.3. The Morgan fingerprint density at radius 2 is 1.39 bits per heavy atom. The van der Waals surface area contributed by atoms with Gasteiger partial charge in [0.25, 0.3) is 11.5 Å². The predicted molar refractivity (Wildman–Crippen MR) is 188 cm³/mol. The van der Waals surface area contributed by atoms with Crippen LogP contribution in [0.5, 0.6) is 5.88 Å². The zero-order chi connectivity index (χ0) is 34.1. The summed E-state index contributed by atoms with van der Waals surface area (Å²) in [4.78, 5) is 29.5. The van der Waals surface area contributed by atoms with Crippen LogP contribution in [-0.4, -0.2) is 33.6 Å². The molecule has 1 heterocycles. The highest BCUT2D eigenvalue weighted by atomic mass is 16.3. The van der Waals surface area contributed by atoms with Crippen molar-refractivity contribution < 1.29 is 9.90 Å². The number of hydrogen-bond donors (Lipinski definition) is 1. The number of nitrogens with zero attached hydrogens (tertiary/aromatic N) is 5. The van der Waals surface area contributed by atoms with Crippen LogP contribution in [0.3, 0.4) is 0 Å². The summed E-state index contributed by atoms with van der Waals surface area (Å²) >= 11 is 0. The minimum atomic E-state index is -0.514. The van der Waals surface area contributed by atoms with Gasteiger partial charge in [-0.15, -0.1) is 10.2 Å². The fourth-order valence-corrected chi connectivity index (χ4v) is 6.12. The molecule has 0 saturated heterocycles. The summed E-state index contributed by atoms with van der Waals surface area (Å²) in [6, 6.07) is 9.21. The number of azo groups is 1. The second-order valence-electron chi connectivity index (χ2n) is 12.9. The van der Waals surface area contributed by atoms with Gasteiger partial charge >= 0.3 is 0 Å². The maximum Gasteiger partial charge on any atom is 0.271 e. The highest BCUT2D eigenvalue weighted by molar-refractivity contribution is 5.99. The van der Waals surface area contributed by atoms with Crippen LogP contribution in [0.25, 0.3) is 0 Å². The minimum absolute atomic E-state index is 0.0528. The topological polar surface area (TPSA) is 111 Å². The van der Waals surface area contributed by atoms with Crippen molar-refractivity contribution in [2.45, 2.75) is 132 Å². The smallest absolute Gasteiger partial charge is 0.271 e. The van der Waals surface area contributed by atoms with Crippen LogP contribution in [0.1, 0.15) is 140 Å². The van der Waals surface area contributed by atoms with Crippen LogP contribution in [0.2, 0.25) is 0 Å². The van der Waals surface area contributed by atoms with Crippen molar-refractivity contribution in [2.24, 2.45) is 28.0 Å². The normalized spacial score (nSPS) is 13.4. The third kappa shape index (κ3) is 10.8. The second kappa shape index (κ2) is 20.6. The first-order valence-corrected chi connectivity index (χ1v) is 17.9. The molecule has 0 aliphatic carbocycles. The molecule has 0 spiro atoms. The highest BCUT2D eigenvalue weighted by Crippen LogP contribution is 2.34. The molecule has 0 radical (unpaired) electrons. The van der Waals surface area contributed by atoms with Crippen molar-refractivity contribution in [1.82, 2.24) is 9.47 Å². The summed E-state index contributed by atoms with van der Waals surface area (Å²) in [5.41, 5.74) is 0.642. The van der Waals surface area contributed by atoms with Crippen LogP contribution in [-0.2, 0) is 6.54 Å². The summed E-state index contributed by atoms with van der Waals surface area (Å²) in [5, 5.41) is 30.1. The van der Waals surface area contributed by atoms with Crippen LogP contribution in [0.4, 0.5) is 11.4 Å². The molecule has 0 bridgehead atoms. The summed E-state index contributed by atoms with van der Waals surface area (Å²) in [6.45, 7) is 16.3. The van der Waals surface area contributed by atoms with Gasteiger partial charge < -0.3 is 10.0 Å². The van der Waals surface area contributed by atoms with Crippen LogP contribution >= 0.6 is 0 Å². The number of aromatic nitrogens is 1. The maximum absolute atomic E-state index is 14.3. The zero-order valence-electron chi connectivity index (χ0n) is 29.6. The third-order valence-corrected chi connectivity index (χ3v) is 9.48. The lowest BCUT2D eigenvalue weighted by Crippen LogP contribution is -2.39. The Morgan fingerprint density at radius 1 is 0.870 bits per heavy atom. The molecule has 46 heavy (non-hydrogen) atoms. The fourth-order valence-electron chi connectivity index (χ4n) is 6.12. The molecular weight excluding hydrogens is 574 g/mol. The molecule has 0 aliphatic rings. The van der Waals surface area contributed by atoms with Gasteiger partial charge in [-0.3, -0.25) is 14.2 Å². The van der Waals surface area contributed by atoms with Crippen LogP contribution in [0, 0.1) is 36.0 Å². The lowest BCUT2D eigenvalue weighted by atomic mass is 9.95. The molecule has 1 aromatic carbocycles. The minimum Gasteiger partial charge on any atom is -0.493 e. The number of amides is 1. The summed E-state index contributed by atoms with van der Waals surface area (Å²) in [5.74, 6) is 0.672. The van der Waals surface area contributed by atoms with E-state index in [1.807, 2.05) is 23.1 Å². The van der Waals surface area contributed by atoms with E-state index < -0.39 is 5.56 Å². The van der Waals surface area contributed by atoms with Crippen LogP contribution < -0.4 is 5.56 Å². The lowest BCUT2D eigenvalue weighted by Gasteiger charge is -2.31. The number of aromatic hydroxyl groups is 1. The van der Waals surface area contributed by atoms with E-state index in [9.17, 15) is 20.0 Å². The first-order chi connectivity index (χ1) is 22.2. The molecule has 0 saturated carbocycles. The Bertz CT molecular complexity index is 1340. The number of pyridine rings is 1. The molecule has 8 nitrogen and oxygen atoms in total. The first kappa shape index (κ1) is 38.7. The molecule has 1 N–H and O–H groups in total. The van der Waals surface area contributed by atoms with Crippen molar-refractivity contribution in [3.8, 4) is 11.9 Å². The largest absolute Gasteiger partial charge is 0.493 e. The van der Waals surface area contributed by atoms with E-state index in [-0.39, 0.29) is 34.5 Å². The summed E-state index contributed by atoms with van der Waals surface area (Å²) in [6.07, 6.45) is 12.6. The van der Waals surface area contributed by atoms with E-state index in [4.69, 9.17) is 0 Å². The standard InChI is InChI=1S/C38H59N5O3/c1-8-14-19-29(11-4)25-42(26-30(12-5)20-15-9-2)36(44)32-22-17-18-23-34(32)40-41-35-28(7)33(24-39)37(45)43(38(35)46)27-31(13-6)21-16-10-3/h17-18,22-23,29-31,46H,8-16,19-21,25-27H2,1-7H3/b41-40+. The molecule has 3 atom stereocenters. The maximum atomic E-state index is 14.3. The van der Waals surface area contributed by atoms with E-state index in [0.717, 1.165) is 77.0 Å². The van der Waals surface area contributed by atoms with Gasteiger partial charge in [0.2, 0.25) is 5.88 Å². The number of unbranched alkanes of at least 4 members (excludes halogenated alkanes) is 3. The monoisotopic (exact) mass is 633 g/mol. The number of rotatable bonds is 21. The van der Waals surface area contributed by atoms with Gasteiger partial charge in [0, 0.05) is 25.2 Å². The van der Waals surface area contributed by atoms with Crippen molar-refractivity contribution in [1.29, 1.82) is 5.26 Å². The number of hydrogen-bond acceptors (Lipinski definition) is 6. The van der Waals surface area contributed by atoms with E-state index in [1.54, 1.807) is 19.1 Å². The quantitative estimate of drug-likeness (QED) is 0.138. The molecular formula is C38H59N5O3. The molecule has 254 valence electrons. The Morgan fingerprint density at radius 3 is 1.89 bits per heavy atom. The number of nitriles is 1. The molecule has 2 aromatic rings. The van der Waals surface area contributed by atoms with E-state index in [2.05, 4.69) is 51.8 Å². The van der Waals surface area contributed by atoms with E-state index in [0.29, 0.717) is 42.7 Å². The van der Waals surface area contributed by atoms with Gasteiger partial charge in [-0.05, 0) is 56.1 Å². The fraction of sp³-hybridized carbons (Fsp3) is 0.658. The van der Waals surface area contributed by atoms with Crippen molar-refractivity contribution in [3.63, 3.8) is 0 Å². The van der Waals surface area contributed by atoms with Crippen molar-refractivity contribution >= 4 is 17.3 Å². The Labute approximate surface area is 277 Å². The van der Waals surface area contributed by atoms with Gasteiger partial charge in [-0.2, -0.15) is 5.26 Å². The van der Waals surface area contributed by atoms with Gasteiger partial charge in [-0.1, -0.05) is 111 Å². The van der Waals surface area contributed by atoms with E-state index >= 15 is 0 Å². The van der Waals surface area contributed by atoms with E-state index in [1.165, 1.54) is 4.57 Å². The predicted octanol–water partition coefficient (Wildman–Crippen LogP) is 10.2. The molecule has 2 rings (SSSR count). The lowest BCUT2D eigenvalue weighted by molar-refractivity contribution is 0.0685. The second-order valence-corrected chi connectivity index (χ2v) is 12.9. The molecule has 3 unspecified atom stereocenters.